The lowest BCUT2D eigenvalue weighted by Crippen LogP contribution is -2.22. The Morgan fingerprint density at radius 1 is 0.625 bits per heavy atom. The van der Waals surface area contributed by atoms with Crippen LogP contribution in [0.1, 0.15) is 104 Å². The van der Waals surface area contributed by atoms with Crippen molar-refractivity contribution in [3.63, 3.8) is 0 Å². The zero-order chi connectivity index (χ0) is 17.7. The van der Waals surface area contributed by atoms with Crippen molar-refractivity contribution in [3.05, 3.63) is 12.7 Å². The van der Waals surface area contributed by atoms with Crippen LogP contribution in [0.15, 0.2) is 12.7 Å². The first-order valence-corrected chi connectivity index (χ1v) is 12.4. The first kappa shape index (κ1) is 23.9. The molecule has 0 saturated carbocycles. The van der Waals surface area contributed by atoms with E-state index in [1.54, 1.807) is 0 Å². The van der Waals surface area contributed by atoms with Crippen LogP contribution in [-0.4, -0.2) is 22.5 Å². The average Bonchev–Trinajstić information content (AvgIpc) is 2.58. The minimum Gasteiger partial charge on any atom is -0.397 e. The standard InChI is InChI=1S/C21H44O2Si/c1-4-7-8-9-10-11-12-13-14-15-16-17-18-19-20-21-24(22-5-2)23-6-3/h4,24H,1,5-21H2,2-3H3. The zero-order valence-electron chi connectivity index (χ0n) is 16.7. The Morgan fingerprint density at radius 2 is 1.00 bits per heavy atom. The van der Waals surface area contributed by atoms with Gasteiger partial charge in [0.1, 0.15) is 0 Å². The molecule has 2 nitrogen and oxygen atoms in total. The molecule has 144 valence electrons. The highest BCUT2D eigenvalue weighted by molar-refractivity contribution is 6.44. The van der Waals surface area contributed by atoms with Gasteiger partial charge in [-0.1, -0.05) is 83.1 Å². The van der Waals surface area contributed by atoms with E-state index in [9.17, 15) is 0 Å². The molecule has 3 heteroatoms. The molecule has 0 aromatic heterocycles. The maximum absolute atomic E-state index is 5.71. The predicted octanol–water partition coefficient (Wildman–Crippen LogP) is 6.93. The summed E-state index contributed by atoms with van der Waals surface area (Å²) in [6, 6.07) is 1.19. The summed E-state index contributed by atoms with van der Waals surface area (Å²) < 4.78 is 11.4. The topological polar surface area (TPSA) is 18.5 Å². The summed E-state index contributed by atoms with van der Waals surface area (Å²) in [5.74, 6) is 0. The summed E-state index contributed by atoms with van der Waals surface area (Å²) in [4.78, 5) is 0. The minimum absolute atomic E-state index is 0.811. The molecule has 0 N–H and O–H groups in total. The second-order valence-electron chi connectivity index (χ2n) is 6.80. The predicted molar refractivity (Wildman–Crippen MR) is 110 cm³/mol. The molecule has 24 heavy (non-hydrogen) atoms. The Morgan fingerprint density at radius 3 is 1.38 bits per heavy atom. The molecule has 0 spiro atoms. The fraction of sp³-hybridized carbons (Fsp3) is 0.905. The molecule has 0 bridgehead atoms. The van der Waals surface area contributed by atoms with Crippen molar-refractivity contribution < 1.29 is 8.85 Å². The summed E-state index contributed by atoms with van der Waals surface area (Å²) in [5, 5.41) is 0. The normalized spacial score (nSPS) is 11.3. The van der Waals surface area contributed by atoms with E-state index in [0.29, 0.717) is 0 Å². The number of unbranched alkanes of at least 4 members (excludes halogenated alkanes) is 13. The van der Waals surface area contributed by atoms with Crippen molar-refractivity contribution in [3.8, 4) is 0 Å². The molecule has 0 fully saturated rings. The first-order chi connectivity index (χ1) is 11.8. The van der Waals surface area contributed by atoms with Crippen molar-refractivity contribution in [1.29, 1.82) is 0 Å². The smallest absolute Gasteiger partial charge is 0.321 e. The van der Waals surface area contributed by atoms with E-state index in [1.165, 1.54) is 95.9 Å². The van der Waals surface area contributed by atoms with E-state index in [0.717, 1.165) is 13.2 Å². The van der Waals surface area contributed by atoms with Crippen LogP contribution < -0.4 is 0 Å². The van der Waals surface area contributed by atoms with Gasteiger partial charge in [-0.2, -0.15) is 0 Å². The van der Waals surface area contributed by atoms with Gasteiger partial charge >= 0.3 is 9.28 Å². The van der Waals surface area contributed by atoms with Crippen LogP contribution in [-0.2, 0) is 8.85 Å². The second kappa shape index (κ2) is 20.9. The Bertz CT molecular complexity index is 240. The van der Waals surface area contributed by atoms with E-state index in [1.807, 2.05) is 6.08 Å². The fourth-order valence-electron chi connectivity index (χ4n) is 3.13. The van der Waals surface area contributed by atoms with Gasteiger partial charge in [0.25, 0.3) is 0 Å². The highest BCUT2D eigenvalue weighted by Crippen LogP contribution is 2.14. The van der Waals surface area contributed by atoms with Crippen LogP contribution in [0, 0.1) is 0 Å². The van der Waals surface area contributed by atoms with E-state index in [4.69, 9.17) is 8.85 Å². The SMILES string of the molecule is C=CCCCCCCCCCCCCCCC[SiH](OCC)OCC. The number of hydrogen-bond donors (Lipinski definition) is 0. The maximum Gasteiger partial charge on any atom is 0.321 e. The number of rotatable bonds is 20. The largest absolute Gasteiger partial charge is 0.397 e. The summed E-state index contributed by atoms with van der Waals surface area (Å²) in [6.07, 6.45) is 21.5. The molecular formula is C21H44O2Si. The summed E-state index contributed by atoms with van der Waals surface area (Å²) in [7, 11) is -1.33. The third-order valence-electron chi connectivity index (χ3n) is 4.55. The van der Waals surface area contributed by atoms with Crippen molar-refractivity contribution >= 4 is 9.28 Å². The van der Waals surface area contributed by atoms with E-state index in [-0.39, 0.29) is 0 Å². The van der Waals surface area contributed by atoms with Gasteiger partial charge in [-0.15, -0.1) is 6.58 Å². The second-order valence-corrected chi connectivity index (χ2v) is 8.91. The molecule has 0 amide bonds. The average molecular weight is 357 g/mol. The zero-order valence-corrected chi connectivity index (χ0v) is 17.9. The van der Waals surface area contributed by atoms with Crippen molar-refractivity contribution in [2.75, 3.05) is 13.2 Å². The fourth-order valence-corrected chi connectivity index (χ4v) is 4.93. The van der Waals surface area contributed by atoms with Gasteiger partial charge in [0.2, 0.25) is 0 Å². The third-order valence-corrected chi connectivity index (χ3v) is 6.84. The molecule has 0 aromatic carbocycles. The highest BCUT2D eigenvalue weighted by atomic mass is 28.3. The quantitative estimate of drug-likeness (QED) is 0.134. The Balaban J connectivity index is 3.15. The van der Waals surface area contributed by atoms with Crippen LogP contribution in [0.4, 0.5) is 0 Å². The first-order valence-electron chi connectivity index (χ1n) is 10.7. The Hall–Kier alpha value is -0.123. The minimum atomic E-state index is -1.33. The molecule has 0 radical (unpaired) electrons. The molecule has 0 atom stereocenters. The molecule has 0 aliphatic carbocycles. The molecule has 0 rings (SSSR count). The molecule has 0 heterocycles. The van der Waals surface area contributed by atoms with Gasteiger partial charge in [0.15, 0.2) is 0 Å². The van der Waals surface area contributed by atoms with Crippen LogP contribution in [0.5, 0.6) is 0 Å². The monoisotopic (exact) mass is 356 g/mol. The lowest BCUT2D eigenvalue weighted by atomic mass is 10.0. The molecule has 0 aliphatic heterocycles. The van der Waals surface area contributed by atoms with Gasteiger partial charge in [-0.05, 0) is 32.7 Å². The van der Waals surface area contributed by atoms with Crippen molar-refractivity contribution in [2.24, 2.45) is 0 Å². The molecule has 0 aliphatic rings. The molecule has 0 aromatic rings. The summed E-state index contributed by atoms with van der Waals surface area (Å²) in [6.45, 7) is 9.54. The van der Waals surface area contributed by atoms with E-state index in [2.05, 4.69) is 20.4 Å². The van der Waals surface area contributed by atoms with E-state index >= 15 is 0 Å². The van der Waals surface area contributed by atoms with Gasteiger partial charge in [-0.25, -0.2) is 0 Å². The van der Waals surface area contributed by atoms with Crippen LogP contribution in [0.2, 0.25) is 6.04 Å². The van der Waals surface area contributed by atoms with E-state index < -0.39 is 9.28 Å². The maximum atomic E-state index is 5.71. The van der Waals surface area contributed by atoms with Gasteiger partial charge in [0.05, 0.1) is 0 Å². The van der Waals surface area contributed by atoms with Crippen LogP contribution in [0.25, 0.3) is 0 Å². The number of hydrogen-bond acceptors (Lipinski definition) is 2. The Labute approximate surface area is 154 Å². The van der Waals surface area contributed by atoms with Crippen molar-refractivity contribution in [1.82, 2.24) is 0 Å². The molecule has 0 saturated heterocycles. The molecular weight excluding hydrogens is 312 g/mol. The van der Waals surface area contributed by atoms with Crippen LogP contribution in [0.3, 0.4) is 0 Å². The van der Waals surface area contributed by atoms with Gasteiger partial charge < -0.3 is 8.85 Å². The lowest BCUT2D eigenvalue weighted by Gasteiger charge is -2.14. The number of allylic oxidation sites excluding steroid dienone is 1. The third kappa shape index (κ3) is 18.2. The van der Waals surface area contributed by atoms with Crippen molar-refractivity contribution in [2.45, 2.75) is 110 Å². The highest BCUT2D eigenvalue weighted by Gasteiger charge is 2.10. The van der Waals surface area contributed by atoms with Crippen LogP contribution >= 0.6 is 0 Å². The lowest BCUT2D eigenvalue weighted by molar-refractivity contribution is 0.212. The Kier molecular flexibility index (Phi) is 20.8. The van der Waals surface area contributed by atoms with Gasteiger partial charge in [0, 0.05) is 13.2 Å². The summed E-state index contributed by atoms with van der Waals surface area (Å²) in [5.41, 5.74) is 0. The van der Waals surface area contributed by atoms with Gasteiger partial charge in [-0.3, -0.25) is 0 Å². The summed E-state index contributed by atoms with van der Waals surface area (Å²) >= 11 is 0. The molecule has 0 unspecified atom stereocenters.